The summed E-state index contributed by atoms with van der Waals surface area (Å²) in [5.74, 6) is 0. The molecule has 0 aromatic carbocycles. The molecule has 2 rings (SSSR count). The lowest BCUT2D eigenvalue weighted by atomic mass is 10.1. The molecule has 1 unspecified atom stereocenters. The Morgan fingerprint density at radius 3 is 2.69 bits per heavy atom. The first kappa shape index (κ1) is 11.8. The van der Waals surface area contributed by atoms with E-state index >= 15 is 0 Å². The lowest BCUT2D eigenvalue weighted by molar-refractivity contribution is 0.182. The molecule has 0 aliphatic heterocycles. The van der Waals surface area contributed by atoms with Crippen LogP contribution in [0.3, 0.4) is 0 Å². The molecule has 0 bridgehead atoms. The quantitative estimate of drug-likeness (QED) is 0.941. The van der Waals surface area contributed by atoms with Crippen LogP contribution in [-0.4, -0.2) is 10.1 Å². The number of nitrogens with zero attached hydrogens (tertiary/aromatic N) is 1. The Morgan fingerprint density at radius 1 is 1.44 bits per heavy atom. The fourth-order valence-corrected chi connectivity index (χ4v) is 3.04. The first-order valence-corrected chi connectivity index (χ1v) is 6.60. The number of pyridine rings is 1. The van der Waals surface area contributed by atoms with E-state index in [2.05, 4.69) is 20.9 Å². The summed E-state index contributed by atoms with van der Waals surface area (Å²) < 4.78 is 1.07. The molecule has 16 heavy (non-hydrogen) atoms. The maximum atomic E-state index is 10.1. The predicted molar refractivity (Wildman–Crippen MR) is 69.7 cm³/mol. The van der Waals surface area contributed by atoms with Gasteiger partial charge in [-0.15, -0.1) is 11.3 Å². The summed E-state index contributed by atoms with van der Waals surface area (Å²) in [6.07, 6.45) is 3.70. The van der Waals surface area contributed by atoms with E-state index in [1.807, 2.05) is 25.1 Å². The van der Waals surface area contributed by atoms with E-state index in [0.29, 0.717) is 6.42 Å². The molecule has 0 aliphatic rings. The highest BCUT2D eigenvalue weighted by Gasteiger charge is 2.12. The Hall–Kier alpha value is -0.710. The Bertz CT molecular complexity index is 450. The van der Waals surface area contributed by atoms with Gasteiger partial charge < -0.3 is 5.11 Å². The summed E-state index contributed by atoms with van der Waals surface area (Å²) in [6, 6.07) is 5.85. The Balaban J connectivity index is 2.11. The van der Waals surface area contributed by atoms with Crippen molar-refractivity contribution in [3.63, 3.8) is 0 Å². The van der Waals surface area contributed by atoms with Crippen LogP contribution in [0.5, 0.6) is 0 Å². The third-order valence-corrected chi connectivity index (χ3v) is 4.62. The summed E-state index contributed by atoms with van der Waals surface area (Å²) in [4.78, 5) is 6.16. The molecule has 0 amide bonds. The van der Waals surface area contributed by atoms with Crippen molar-refractivity contribution >= 4 is 27.3 Å². The molecule has 0 spiro atoms. The molecule has 1 atom stereocenters. The van der Waals surface area contributed by atoms with Crippen molar-refractivity contribution in [2.75, 3.05) is 0 Å². The van der Waals surface area contributed by atoms with Gasteiger partial charge in [0.1, 0.15) is 0 Å². The van der Waals surface area contributed by atoms with Crippen LogP contribution < -0.4 is 0 Å². The minimum Gasteiger partial charge on any atom is -0.387 e. The van der Waals surface area contributed by atoms with Gasteiger partial charge in [0.25, 0.3) is 0 Å². The second kappa shape index (κ2) is 5.08. The van der Waals surface area contributed by atoms with Crippen LogP contribution in [-0.2, 0) is 6.42 Å². The van der Waals surface area contributed by atoms with Crippen molar-refractivity contribution in [3.05, 3.63) is 50.4 Å². The molecule has 2 aromatic heterocycles. The summed E-state index contributed by atoms with van der Waals surface area (Å²) in [6.45, 7) is 2.04. The minimum atomic E-state index is -0.433. The van der Waals surface area contributed by atoms with Crippen molar-refractivity contribution in [1.82, 2.24) is 4.98 Å². The standard InChI is InChI=1S/C12H12BrNOS/c1-8-10(13)7-12(16-8)11(15)6-9-2-4-14-5-3-9/h2-5,7,11,15H,6H2,1H3. The van der Waals surface area contributed by atoms with E-state index in [0.717, 1.165) is 14.9 Å². The highest BCUT2D eigenvalue weighted by molar-refractivity contribution is 9.10. The molecule has 4 heteroatoms. The molecule has 1 N–H and O–H groups in total. The molecule has 0 aliphatic carbocycles. The van der Waals surface area contributed by atoms with Crippen molar-refractivity contribution in [3.8, 4) is 0 Å². The topological polar surface area (TPSA) is 33.1 Å². The first-order chi connectivity index (χ1) is 7.66. The van der Waals surface area contributed by atoms with Gasteiger partial charge in [-0.1, -0.05) is 0 Å². The number of aliphatic hydroxyl groups excluding tert-OH is 1. The van der Waals surface area contributed by atoms with E-state index in [1.165, 1.54) is 4.88 Å². The smallest absolute Gasteiger partial charge is 0.0922 e. The number of aliphatic hydroxyl groups is 1. The first-order valence-electron chi connectivity index (χ1n) is 4.99. The molecule has 0 saturated heterocycles. The predicted octanol–water partition coefficient (Wildman–Crippen LogP) is 3.49. The van der Waals surface area contributed by atoms with Crippen LogP contribution in [0.1, 0.15) is 21.4 Å². The lowest BCUT2D eigenvalue weighted by Gasteiger charge is -2.07. The van der Waals surface area contributed by atoms with Gasteiger partial charge in [-0.25, -0.2) is 0 Å². The molecule has 0 fully saturated rings. The number of aromatic nitrogens is 1. The van der Waals surface area contributed by atoms with Crippen molar-refractivity contribution < 1.29 is 5.11 Å². The molecule has 2 heterocycles. The number of hydrogen-bond donors (Lipinski definition) is 1. The van der Waals surface area contributed by atoms with Crippen LogP contribution >= 0.6 is 27.3 Å². The van der Waals surface area contributed by atoms with E-state index in [9.17, 15) is 5.11 Å². The Morgan fingerprint density at radius 2 is 2.12 bits per heavy atom. The van der Waals surface area contributed by atoms with Crippen LogP contribution in [0.4, 0.5) is 0 Å². The summed E-state index contributed by atoms with van der Waals surface area (Å²) >= 11 is 5.09. The van der Waals surface area contributed by atoms with Crippen LogP contribution in [0, 0.1) is 6.92 Å². The van der Waals surface area contributed by atoms with E-state index in [-0.39, 0.29) is 0 Å². The molecule has 0 saturated carbocycles. The van der Waals surface area contributed by atoms with Crippen molar-refractivity contribution in [1.29, 1.82) is 0 Å². The second-order valence-corrected chi connectivity index (χ2v) is 5.77. The zero-order chi connectivity index (χ0) is 11.5. The summed E-state index contributed by atoms with van der Waals surface area (Å²) in [5.41, 5.74) is 1.10. The average molecular weight is 298 g/mol. The minimum absolute atomic E-state index is 0.433. The SMILES string of the molecule is Cc1sc(C(O)Cc2ccncc2)cc1Br. The fraction of sp³-hybridized carbons (Fsp3) is 0.250. The summed E-state index contributed by atoms with van der Waals surface area (Å²) in [5, 5.41) is 10.1. The van der Waals surface area contributed by atoms with Gasteiger partial charge >= 0.3 is 0 Å². The highest BCUT2D eigenvalue weighted by atomic mass is 79.9. The van der Waals surface area contributed by atoms with E-state index in [1.54, 1.807) is 23.7 Å². The third kappa shape index (κ3) is 2.70. The molecule has 2 nitrogen and oxygen atoms in total. The number of aryl methyl sites for hydroxylation is 1. The number of rotatable bonds is 3. The number of hydrogen-bond acceptors (Lipinski definition) is 3. The van der Waals surface area contributed by atoms with Gasteiger partial charge in [0, 0.05) is 33.0 Å². The van der Waals surface area contributed by atoms with Crippen molar-refractivity contribution in [2.45, 2.75) is 19.4 Å². The van der Waals surface area contributed by atoms with Gasteiger partial charge in [-0.3, -0.25) is 4.98 Å². The molecule has 0 radical (unpaired) electrons. The zero-order valence-corrected chi connectivity index (χ0v) is 11.3. The van der Waals surface area contributed by atoms with Crippen molar-refractivity contribution in [2.24, 2.45) is 0 Å². The van der Waals surface area contributed by atoms with Gasteiger partial charge in [0.2, 0.25) is 0 Å². The van der Waals surface area contributed by atoms with E-state index < -0.39 is 6.10 Å². The lowest BCUT2D eigenvalue weighted by Crippen LogP contribution is -1.99. The number of halogens is 1. The molecular formula is C12H12BrNOS. The Labute approximate surface area is 107 Å². The molecule has 2 aromatic rings. The largest absolute Gasteiger partial charge is 0.387 e. The monoisotopic (exact) mass is 297 g/mol. The maximum absolute atomic E-state index is 10.1. The van der Waals surface area contributed by atoms with Gasteiger partial charge in [-0.2, -0.15) is 0 Å². The third-order valence-electron chi connectivity index (χ3n) is 2.38. The van der Waals surface area contributed by atoms with Gasteiger partial charge in [0.15, 0.2) is 0 Å². The molecular weight excluding hydrogens is 286 g/mol. The average Bonchev–Trinajstić information content (AvgIpc) is 2.61. The number of thiophene rings is 1. The zero-order valence-electron chi connectivity index (χ0n) is 8.85. The van der Waals surface area contributed by atoms with Gasteiger partial charge in [-0.05, 0) is 46.6 Å². The van der Waals surface area contributed by atoms with Gasteiger partial charge in [0.05, 0.1) is 6.10 Å². The highest BCUT2D eigenvalue weighted by Crippen LogP contribution is 2.31. The maximum Gasteiger partial charge on any atom is 0.0922 e. The second-order valence-electron chi connectivity index (χ2n) is 3.63. The van der Waals surface area contributed by atoms with Crippen LogP contribution in [0.25, 0.3) is 0 Å². The molecule has 84 valence electrons. The van der Waals surface area contributed by atoms with Crippen LogP contribution in [0.15, 0.2) is 35.1 Å². The fourth-order valence-electron chi connectivity index (χ4n) is 1.49. The Kier molecular flexibility index (Phi) is 3.74. The normalized spacial score (nSPS) is 12.7. The van der Waals surface area contributed by atoms with Crippen LogP contribution in [0.2, 0.25) is 0 Å². The van der Waals surface area contributed by atoms with E-state index in [4.69, 9.17) is 0 Å². The summed E-state index contributed by atoms with van der Waals surface area (Å²) in [7, 11) is 0.